The van der Waals surface area contributed by atoms with E-state index in [0.29, 0.717) is 18.7 Å². The van der Waals surface area contributed by atoms with Gasteiger partial charge >= 0.3 is 0 Å². The van der Waals surface area contributed by atoms with Crippen LogP contribution in [0.2, 0.25) is 0 Å². The molecule has 0 spiro atoms. The van der Waals surface area contributed by atoms with Crippen molar-refractivity contribution in [3.63, 3.8) is 0 Å². The first-order valence-corrected chi connectivity index (χ1v) is 9.05. The van der Waals surface area contributed by atoms with Gasteiger partial charge in [0.2, 0.25) is 0 Å². The van der Waals surface area contributed by atoms with Crippen LogP contribution in [-0.4, -0.2) is 45.9 Å². The number of aliphatic hydroxyl groups is 1. The summed E-state index contributed by atoms with van der Waals surface area (Å²) in [6, 6.07) is 0. The van der Waals surface area contributed by atoms with Gasteiger partial charge in [-0.3, -0.25) is 0 Å². The second-order valence-corrected chi connectivity index (χ2v) is 8.32. The van der Waals surface area contributed by atoms with E-state index in [1.165, 1.54) is 0 Å². The molecule has 0 aliphatic carbocycles. The summed E-state index contributed by atoms with van der Waals surface area (Å²) in [6.07, 6.45) is 4.70. The summed E-state index contributed by atoms with van der Waals surface area (Å²) in [7, 11) is -2.98. The molecule has 1 N–H and O–H groups in total. The highest BCUT2D eigenvalue weighted by atomic mass is 32.2. The quantitative estimate of drug-likeness (QED) is 0.870. The molecule has 1 aromatic rings. The van der Waals surface area contributed by atoms with Crippen molar-refractivity contribution >= 4 is 9.84 Å². The smallest absolute Gasteiger partial charge is 0.153 e. The number of fused-ring (bicyclic) bond motifs is 1. The second kappa shape index (κ2) is 5.44. The third-order valence-electron chi connectivity index (χ3n) is 4.50. The van der Waals surface area contributed by atoms with E-state index >= 15 is 0 Å². The Kier molecular flexibility index (Phi) is 3.81. The van der Waals surface area contributed by atoms with E-state index in [4.69, 9.17) is 0 Å². The van der Waals surface area contributed by atoms with Crippen LogP contribution >= 0.6 is 0 Å². The summed E-state index contributed by atoms with van der Waals surface area (Å²) in [6.45, 7) is 0.875. The molecule has 3 heterocycles. The minimum Gasteiger partial charge on any atom is -0.396 e. The highest BCUT2D eigenvalue weighted by Crippen LogP contribution is 2.25. The van der Waals surface area contributed by atoms with Gasteiger partial charge < -0.3 is 9.67 Å². The lowest BCUT2D eigenvalue weighted by Crippen LogP contribution is -2.32. The Morgan fingerprint density at radius 1 is 1.25 bits per heavy atom. The molecule has 0 amide bonds. The molecule has 2 aliphatic rings. The summed E-state index contributed by atoms with van der Waals surface area (Å²) >= 11 is 0. The van der Waals surface area contributed by atoms with Gasteiger partial charge in [-0.15, -0.1) is 10.2 Å². The van der Waals surface area contributed by atoms with E-state index in [-0.39, 0.29) is 17.8 Å². The predicted octanol–water partition coefficient (Wildman–Crippen LogP) is 0.343. The molecule has 0 bridgehead atoms. The minimum atomic E-state index is -2.98. The summed E-state index contributed by atoms with van der Waals surface area (Å²) in [5, 5.41) is 17.4. The fourth-order valence-electron chi connectivity index (χ4n) is 3.20. The van der Waals surface area contributed by atoms with E-state index in [1.807, 2.05) is 4.57 Å². The van der Waals surface area contributed by atoms with E-state index in [2.05, 4.69) is 10.2 Å². The zero-order valence-electron chi connectivity index (χ0n) is 11.5. The first-order chi connectivity index (χ1) is 9.60. The molecule has 2 unspecified atom stereocenters. The van der Waals surface area contributed by atoms with E-state index in [0.717, 1.165) is 43.8 Å². The summed E-state index contributed by atoms with van der Waals surface area (Å²) in [5.74, 6) is 2.24. The fraction of sp³-hybridized carbons (Fsp3) is 0.846. The van der Waals surface area contributed by atoms with Crippen LogP contribution in [0, 0.1) is 5.92 Å². The molecule has 2 aliphatic heterocycles. The van der Waals surface area contributed by atoms with Crippen LogP contribution < -0.4 is 0 Å². The molecule has 6 nitrogen and oxygen atoms in total. The summed E-state index contributed by atoms with van der Waals surface area (Å²) < 4.78 is 26.2. The third-order valence-corrected chi connectivity index (χ3v) is 6.78. The Bertz CT molecular complexity index is 582. The molecular formula is C13H21N3O3S. The third kappa shape index (κ3) is 2.61. The van der Waals surface area contributed by atoms with Crippen molar-refractivity contribution in [1.82, 2.24) is 14.8 Å². The molecule has 1 saturated heterocycles. The van der Waals surface area contributed by atoms with Crippen molar-refractivity contribution in [2.75, 3.05) is 12.4 Å². The number of hydrogen-bond donors (Lipinski definition) is 1. The Hall–Kier alpha value is -0.950. The first-order valence-electron chi connectivity index (χ1n) is 7.33. The lowest BCUT2D eigenvalue weighted by molar-refractivity contribution is 0.189. The van der Waals surface area contributed by atoms with Crippen LogP contribution in [0.25, 0.3) is 0 Å². The molecule has 0 saturated carbocycles. The predicted molar refractivity (Wildman–Crippen MR) is 74.0 cm³/mol. The standard InChI is InChI=1S/C13H21N3O3S/c17-9-10-4-5-12-14-15-13(16(12)8-10)7-11-3-1-2-6-20(11,18)19/h10-11,17H,1-9H2. The summed E-state index contributed by atoms with van der Waals surface area (Å²) in [5.41, 5.74) is 0. The maximum atomic E-state index is 12.1. The number of hydrogen-bond acceptors (Lipinski definition) is 5. The van der Waals surface area contributed by atoms with Gasteiger partial charge in [0.25, 0.3) is 0 Å². The highest BCUT2D eigenvalue weighted by molar-refractivity contribution is 7.92. The summed E-state index contributed by atoms with van der Waals surface area (Å²) in [4.78, 5) is 0. The number of aryl methyl sites for hydroxylation is 1. The van der Waals surface area contributed by atoms with Crippen LogP contribution in [0.15, 0.2) is 0 Å². The molecule has 20 heavy (non-hydrogen) atoms. The van der Waals surface area contributed by atoms with E-state index in [1.54, 1.807) is 0 Å². The van der Waals surface area contributed by atoms with Gasteiger partial charge in [0, 0.05) is 31.9 Å². The van der Waals surface area contributed by atoms with Crippen LogP contribution in [0.4, 0.5) is 0 Å². The van der Waals surface area contributed by atoms with Crippen molar-refractivity contribution in [3.8, 4) is 0 Å². The molecule has 7 heteroatoms. The monoisotopic (exact) mass is 299 g/mol. The van der Waals surface area contributed by atoms with Gasteiger partial charge in [-0.05, 0) is 19.3 Å². The maximum absolute atomic E-state index is 12.1. The van der Waals surface area contributed by atoms with E-state index < -0.39 is 9.84 Å². The number of nitrogens with zero attached hydrogens (tertiary/aromatic N) is 3. The Labute approximate surface area is 119 Å². The van der Waals surface area contributed by atoms with Gasteiger partial charge in [0.05, 0.1) is 11.0 Å². The molecule has 0 radical (unpaired) electrons. The van der Waals surface area contributed by atoms with Gasteiger partial charge in [-0.2, -0.15) is 0 Å². The van der Waals surface area contributed by atoms with Crippen molar-refractivity contribution in [1.29, 1.82) is 0 Å². The Morgan fingerprint density at radius 3 is 2.85 bits per heavy atom. The molecule has 112 valence electrons. The Balaban J connectivity index is 1.80. The molecular weight excluding hydrogens is 278 g/mol. The largest absolute Gasteiger partial charge is 0.396 e. The van der Waals surface area contributed by atoms with Crippen molar-refractivity contribution in [2.45, 2.75) is 50.3 Å². The highest BCUT2D eigenvalue weighted by Gasteiger charge is 2.31. The Morgan fingerprint density at radius 2 is 2.10 bits per heavy atom. The minimum absolute atomic E-state index is 0.165. The average molecular weight is 299 g/mol. The molecule has 3 rings (SSSR count). The lowest BCUT2D eigenvalue weighted by Gasteiger charge is -2.25. The van der Waals surface area contributed by atoms with Crippen LogP contribution in [-0.2, 0) is 29.2 Å². The van der Waals surface area contributed by atoms with Crippen molar-refractivity contribution in [2.24, 2.45) is 5.92 Å². The SMILES string of the molecule is O=S1(=O)CCCCC1Cc1nnc2n1CC(CO)CC2. The van der Waals surface area contributed by atoms with Gasteiger partial charge in [-0.1, -0.05) is 6.42 Å². The number of sulfone groups is 1. The van der Waals surface area contributed by atoms with Gasteiger partial charge in [-0.25, -0.2) is 8.42 Å². The van der Waals surface area contributed by atoms with Gasteiger partial charge in [0.1, 0.15) is 11.6 Å². The van der Waals surface area contributed by atoms with Gasteiger partial charge in [0.15, 0.2) is 9.84 Å². The zero-order valence-corrected chi connectivity index (χ0v) is 12.3. The first kappa shape index (κ1) is 14.0. The maximum Gasteiger partial charge on any atom is 0.153 e. The molecule has 1 fully saturated rings. The number of rotatable bonds is 3. The lowest BCUT2D eigenvalue weighted by atomic mass is 10.00. The number of aliphatic hydroxyl groups excluding tert-OH is 1. The van der Waals surface area contributed by atoms with E-state index in [9.17, 15) is 13.5 Å². The zero-order chi connectivity index (χ0) is 14.2. The fourth-order valence-corrected chi connectivity index (χ4v) is 5.07. The van der Waals surface area contributed by atoms with Crippen LogP contribution in [0.5, 0.6) is 0 Å². The molecule has 2 atom stereocenters. The second-order valence-electron chi connectivity index (χ2n) is 5.92. The topological polar surface area (TPSA) is 85.1 Å². The van der Waals surface area contributed by atoms with Crippen molar-refractivity contribution in [3.05, 3.63) is 11.6 Å². The average Bonchev–Trinajstić information content (AvgIpc) is 2.83. The normalized spacial score (nSPS) is 29.1. The van der Waals surface area contributed by atoms with Crippen LogP contribution in [0.3, 0.4) is 0 Å². The molecule has 1 aromatic heterocycles. The number of aromatic nitrogens is 3. The molecule has 0 aromatic carbocycles. The van der Waals surface area contributed by atoms with Crippen molar-refractivity contribution < 1.29 is 13.5 Å². The van der Waals surface area contributed by atoms with Crippen LogP contribution in [0.1, 0.15) is 37.3 Å².